The van der Waals surface area contributed by atoms with Crippen LogP contribution in [0.25, 0.3) is 0 Å². The summed E-state index contributed by atoms with van der Waals surface area (Å²) in [7, 11) is 0. The van der Waals surface area contributed by atoms with Crippen molar-refractivity contribution in [3.05, 3.63) is 23.3 Å². The smallest absolute Gasteiger partial charge is 0.306 e. The van der Waals surface area contributed by atoms with Crippen LogP contribution in [0, 0.1) is 45.3 Å². The van der Waals surface area contributed by atoms with Gasteiger partial charge in [-0.1, -0.05) is 71.8 Å². The molecule has 5 nitrogen and oxygen atoms in total. The molecular formula is C33H52O5. The Hall–Kier alpha value is -1.62. The average Bonchev–Trinajstić information content (AvgIpc) is 3.01. The number of aliphatic hydroxyl groups is 1. The molecule has 0 aromatic carbocycles. The van der Waals surface area contributed by atoms with Gasteiger partial charge in [-0.3, -0.25) is 9.59 Å². The van der Waals surface area contributed by atoms with E-state index in [9.17, 15) is 19.8 Å². The van der Waals surface area contributed by atoms with E-state index in [0.717, 1.165) is 44.1 Å². The van der Waals surface area contributed by atoms with Crippen molar-refractivity contribution in [3.63, 3.8) is 0 Å². The second-order valence-electron chi connectivity index (χ2n) is 14.8. The van der Waals surface area contributed by atoms with Gasteiger partial charge in [-0.05, 0) is 85.9 Å². The van der Waals surface area contributed by atoms with Gasteiger partial charge < -0.3 is 14.9 Å². The largest absolute Gasteiger partial charge is 0.481 e. The van der Waals surface area contributed by atoms with Gasteiger partial charge in [-0.2, -0.15) is 0 Å². The first-order valence-electron chi connectivity index (χ1n) is 15.0. The molecule has 5 heteroatoms. The fraction of sp³-hybridized carbons (Fsp3) is 0.818. The Labute approximate surface area is 230 Å². The maximum Gasteiger partial charge on any atom is 0.306 e. The summed E-state index contributed by atoms with van der Waals surface area (Å²) in [5.41, 5.74) is 3.62. The third kappa shape index (κ3) is 4.30. The van der Waals surface area contributed by atoms with Crippen molar-refractivity contribution in [1.29, 1.82) is 0 Å². The van der Waals surface area contributed by atoms with E-state index in [1.165, 1.54) is 12.5 Å². The lowest BCUT2D eigenvalue weighted by atomic mass is 9.43. The van der Waals surface area contributed by atoms with Gasteiger partial charge in [0, 0.05) is 18.3 Å². The molecule has 0 saturated heterocycles. The Balaban J connectivity index is 1.69. The number of carbonyl (C=O) groups excluding carboxylic acids is 1. The highest BCUT2D eigenvalue weighted by molar-refractivity contribution is 5.71. The number of esters is 1. The molecule has 0 aromatic heterocycles. The van der Waals surface area contributed by atoms with Gasteiger partial charge in [0.25, 0.3) is 0 Å². The number of aliphatic hydroxyl groups excluding tert-OH is 1. The number of allylic oxidation sites excluding steroid dienone is 3. The van der Waals surface area contributed by atoms with E-state index >= 15 is 0 Å². The number of hydrogen-bond acceptors (Lipinski definition) is 4. The molecule has 4 aliphatic carbocycles. The number of carbonyl (C=O) groups is 2. The highest BCUT2D eigenvalue weighted by Crippen LogP contribution is 2.72. The quantitative estimate of drug-likeness (QED) is 0.267. The Morgan fingerprint density at radius 3 is 2.29 bits per heavy atom. The van der Waals surface area contributed by atoms with Crippen molar-refractivity contribution in [2.75, 3.05) is 0 Å². The number of fused-ring (bicyclic) bond motifs is 4. The molecule has 4 aliphatic rings. The lowest BCUT2D eigenvalue weighted by molar-refractivity contribution is -0.167. The monoisotopic (exact) mass is 528 g/mol. The van der Waals surface area contributed by atoms with Crippen LogP contribution in [0.1, 0.15) is 113 Å². The molecule has 4 rings (SSSR count). The van der Waals surface area contributed by atoms with Crippen LogP contribution in [0.4, 0.5) is 0 Å². The van der Waals surface area contributed by atoms with E-state index < -0.39 is 18.0 Å². The van der Waals surface area contributed by atoms with Crippen LogP contribution in [-0.2, 0) is 14.3 Å². The molecule has 0 radical (unpaired) electrons. The molecule has 2 fully saturated rings. The zero-order valence-electron chi connectivity index (χ0n) is 25.2. The number of carboxylic acid groups (broad SMARTS) is 1. The Kier molecular flexibility index (Phi) is 7.56. The fourth-order valence-corrected chi connectivity index (χ4v) is 9.98. The van der Waals surface area contributed by atoms with Crippen LogP contribution >= 0.6 is 0 Å². The van der Waals surface area contributed by atoms with Crippen molar-refractivity contribution >= 4 is 11.9 Å². The van der Waals surface area contributed by atoms with Crippen molar-refractivity contribution < 1.29 is 24.5 Å². The highest BCUT2D eigenvalue weighted by atomic mass is 16.5. The van der Waals surface area contributed by atoms with Gasteiger partial charge >= 0.3 is 11.9 Å². The molecular weight excluding hydrogens is 476 g/mol. The molecule has 2 N–H and O–H groups in total. The Morgan fingerprint density at radius 2 is 1.71 bits per heavy atom. The van der Waals surface area contributed by atoms with Crippen LogP contribution in [0.5, 0.6) is 0 Å². The van der Waals surface area contributed by atoms with Crippen LogP contribution in [-0.4, -0.2) is 34.4 Å². The van der Waals surface area contributed by atoms with Crippen molar-refractivity contribution in [2.24, 2.45) is 45.3 Å². The third-order valence-electron chi connectivity index (χ3n) is 12.4. The first kappa shape index (κ1) is 29.4. The van der Waals surface area contributed by atoms with E-state index in [0.29, 0.717) is 31.1 Å². The van der Waals surface area contributed by atoms with Crippen molar-refractivity contribution in [2.45, 2.75) is 125 Å². The maximum absolute atomic E-state index is 12.6. The summed E-state index contributed by atoms with van der Waals surface area (Å²) in [6, 6.07) is 0. The minimum Gasteiger partial charge on any atom is -0.481 e. The molecule has 0 heterocycles. The van der Waals surface area contributed by atoms with Crippen LogP contribution in [0.3, 0.4) is 0 Å². The molecule has 2 saturated carbocycles. The Bertz CT molecular complexity index is 1020. The molecule has 0 amide bonds. The summed E-state index contributed by atoms with van der Waals surface area (Å²) in [4.78, 5) is 24.5. The highest BCUT2D eigenvalue weighted by Gasteiger charge is 2.66. The zero-order chi connectivity index (χ0) is 28.4. The van der Waals surface area contributed by atoms with Crippen LogP contribution in [0.2, 0.25) is 0 Å². The lowest BCUT2D eigenvalue weighted by Gasteiger charge is -2.62. The molecule has 0 aliphatic heterocycles. The summed E-state index contributed by atoms with van der Waals surface area (Å²) in [5.74, 6) is -1.05. The maximum atomic E-state index is 12.6. The van der Waals surface area contributed by atoms with Gasteiger partial charge in [-0.25, -0.2) is 0 Å². The second-order valence-corrected chi connectivity index (χ2v) is 14.8. The summed E-state index contributed by atoms with van der Waals surface area (Å²) >= 11 is 0. The van der Waals surface area contributed by atoms with E-state index in [2.05, 4.69) is 55.0 Å². The second kappa shape index (κ2) is 9.78. The first-order valence-corrected chi connectivity index (χ1v) is 15.0. The van der Waals surface area contributed by atoms with E-state index in [1.54, 1.807) is 5.57 Å². The van der Waals surface area contributed by atoms with Crippen molar-refractivity contribution in [3.8, 4) is 0 Å². The van der Waals surface area contributed by atoms with Crippen molar-refractivity contribution in [1.82, 2.24) is 0 Å². The molecule has 0 bridgehead atoms. The predicted molar refractivity (Wildman–Crippen MR) is 150 cm³/mol. The van der Waals surface area contributed by atoms with Crippen LogP contribution in [0.15, 0.2) is 23.3 Å². The normalized spacial score (nSPS) is 40.7. The number of hydrogen-bond donors (Lipinski definition) is 2. The molecule has 8 atom stereocenters. The minimum absolute atomic E-state index is 0.0440. The standard InChI is InChI=1S/C33H52O5/c1-19(2)20(3)10-11-22(29(36)37)28-25(35)18-33(9)24-12-13-26-30(5,6)27(38-21(4)34)15-16-31(26,7)23(24)14-17-32(28,33)8/h19,22,25-28,35H,3,10-18H2,1-2,4-9H3,(H,36,37)/t22-,25-,26+,27+,28+,31-,32-,33+/m1/s1. The molecule has 0 aromatic rings. The SMILES string of the molecule is C=C(CC[C@@H](C(=O)O)[C@H]1[C@H](O)C[C@@]2(C)C3=C(CC[C@]12C)[C@@]1(C)CC[C@H](OC(C)=O)C(C)(C)[C@@H]1CC3)C(C)C. The van der Waals surface area contributed by atoms with E-state index in [-0.39, 0.29) is 39.7 Å². The van der Waals surface area contributed by atoms with E-state index in [1.807, 2.05) is 0 Å². The summed E-state index contributed by atoms with van der Waals surface area (Å²) < 4.78 is 5.82. The third-order valence-corrected chi connectivity index (χ3v) is 12.4. The van der Waals surface area contributed by atoms with Gasteiger partial charge in [0.15, 0.2) is 0 Å². The molecule has 38 heavy (non-hydrogen) atoms. The molecule has 0 spiro atoms. The van der Waals surface area contributed by atoms with Gasteiger partial charge in [0.05, 0.1) is 12.0 Å². The zero-order valence-corrected chi connectivity index (χ0v) is 25.2. The minimum atomic E-state index is -0.780. The summed E-state index contributed by atoms with van der Waals surface area (Å²) in [6.45, 7) is 21.5. The van der Waals surface area contributed by atoms with Gasteiger partial charge in [0.1, 0.15) is 6.10 Å². The fourth-order valence-electron chi connectivity index (χ4n) is 9.98. The Morgan fingerprint density at radius 1 is 1.05 bits per heavy atom. The molecule has 0 unspecified atom stereocenters. The predicted octanol–water partition coefficient (Wildman–Crippen LogP) is 7.33. The molecule has 214 valence electrons. The lowest BCUT2D eigenvalue weighted by Crippen LogP contribution is -2.56. The summed E-state index contributed by atoms with van der Waals surface area (Å²) in [6.07, 6.45) is 6.98. The number of carboxylic acids is 1. The number of aliphatic carboxylic acids is 1. The topological polar surface area (TPSA) is 83.8 Å². The average molecular weight is 529 g/mol. The van der Waals surface area contributed by atoms with Gasteiger partial charge in [0.2, 0.25) is 0 Å². The number of ether oxygens (including phenoxy) is 1. The van der Waals surface area contributed by atoms with Crippen LogP contribution < -0.4 is 0 Å². The number of rotatable bonds is 7. The van der Waals surface area contributed by atoms with E-state index in [4.69, 9.17) is 4.74 Å². The first-order chi connectivity index (χ1) is 17.5. The van der Waals surface area contributed by atoms with Gasteiger partial charge in [-0.15, -0.1) is 0 Å². The summed E-state index contributed by atoms with van der Waals surface area (Å²) in [5, 5.41) is 22.0.